The first-order valence-corrected chi connectivity index (χ1v) is 9.48. The SMILES string of the molecule is COc1ccc(C(=O)CCc2ccncc2)cc1/C=C/c1ccc(OC(F)(F)F)cc1. The van der Waals surface area contributed by atoms with E-state index in [1.54, 1.807) is 42.7 Å². The number of pyridine rings is 1. The highest BCUT2D eigenvalue weighted by Crippen LogP contribution is 2.25. The lowest BCUT2D eigenvalue weighted by Crippen LogP contribution is -2.16. The minimum atomic E-state index is -4.73. The molecule has 4 nitrogen and oxygen atoms in total. The molecule has 31 heavy (non-hydrogen) atoms. The minimum Gasteiger partial charge on any atom is -0.496 e. The molecular formula is C24H20F3NO3. The summed E-state index contributed by atoms with van der Waals surface area (Å²) in [6.45, 7) is 0. The first kappa shape index (κ1) is 22.1. The van der Waals surface area contributed by atoms with Crippen LogP contribution < -0.4 is 9.47 Å². The van der Waals surface area contributed by atoms with E-state index in [-0.39, 0.29) is 11.5 Å². The molecule has 1 heterocycles. The average molecular weight is 427 g/mol. The van der Waals surface area contributed by atoms with E-state index in [1.165, 1.54) is 31.4 Å². The Balaban J connectivity index is 1.72. The van der Waals surface area contributed by atoms with Crippen LogP contribution in [0, 0.1) is 0 Å². The number of Topliss-reactive ketones (excluding diaryl/α,β-unsaturated/α-hetero) is 1. The van der Waals surface area contributed by atoms with Crippen LogP contribution >= 0.6 is 0 Å². The summed E-state index contributed by atoms with van der Waals surface area (Å²) >= 11 is 0. The summed E-state index contributed by atoms with van der Waals surface area (Å²) in [5.41, 5.74) is 2.96. The number of aryl methyl sites for hydroxylation is 1. The molecule has 0 aliphatic rings. The number of hydrogen-bond acceptors (Lipinski definition) is 4. The van der Waals surface area contributed by atoms with Crippen molar-refractivity contribution in [2.24, 2.45) is 0 Å². The maximum absolute atomic E-state index is 12.6. The van der Waals surface area contributed by atoms with E-state index < -0.39 is 6.36 Å². The Morgan fingerprint density at radius 3 is 2.35 bits per heavy atom. The van der Waals surface area contributed by atoms with Gasteiger partial charge < -0.3 is 9.47 Å². The molecule has 0 bridgehead atoms. The molecule has 0 N–H and O–H groups in total. The zero-order valence-electron chi connectivity index (χ0n) is 16.7. The molecule has 0 aliphatic carbocycles. The van der Waals surface area contributed by atoms with Crippen molar-refractivity contribution in [2.45, 2.75) is 19.2 Å². The van der Waals surface area contributed by atoms with E-state index in [2.05, 4.69) is 9.72 Å². The number of nitrogens with zero attached hydrogens (tertiary/aromatic N) is 1. The van der Waals surface area contributed by atoms with Crippen molar-refractivity contribution in [2.75, 3.05) is 7.11 Å². The molecule has 0 unspecified atom stereocenters. The number of hydrogen-bond donors (Lipinski definition) is 0. The predicted molar refractivity (Wildman–Crippen MR) is 112 cm³/mol. The van der Waals surface area contributed by atoms with Crippen molar-refractivity contribution in [3.05, 3.63) is 89.2 Å². The van der Waals surface area contributed by atoms with E-state index in [0.29, 0.717) is 35.3 Å². The first-order valence-electron chi connectivity index (χ1n) is 9.48. The maximum Gasteiger partial charge on any atom is 0.573 e. The molecule has 1 aromatic heterocycles. The summed E-state index contributed by atoms with van der Waals surface area (Å²) in [6, 6.07) is 14.4. The van der Waals surface area contributed by atoms with Gasteiger partial charge in [0.25, 0.3) is 0 Å². The van der Waals surface area contributed by atoms with Crippen LogP contribution in [0.3, 0.4) is 0 Å². The van der Waals surface area contributed by atoms with Gasteiger partial charge in [0, 0.05) is 29.9 Å². The number of ketones is 1. The number of ether oxygens (including phenoxy) is 2. The summed E-state index contributed by atoms with van der Waals surface area (Å²) in [4.78, 5) is 16.6. The van der Waals surface area contributed by atoms with E-state index in [1.807, 2.05) is 12.1 Å². The highest BCUT2D eigenvalue weighted by Gasteiger charge is 2.30. The average Bonchev–Trinajstić information content (AvgIpc) is 2.76. The molecule has 0 spiro atoms. The van der Waals surface area contributed by atoms with E-state index in [0.717, 1.165) is 5.56 Å². The van der Waals surface area contributed by atoms with E-state index in [4.69, 9.17) is 4.74 Å². The third kappa shape index (κ3) is 6.70. The first-order chi connectivity index (χ1) is 14.8. The number of carbonyl (C=O) groups is 1. The number of halogens is 3. The summed E-state index contributed by atoms with van der Waals surface area (Å²) in [5, 5.41) is 0. The minimum absolute atomic E-state index is 0.00256. The predicted octanol–water partition coefficient (Wildman–Crippen LogP) is 5.97. The lowest BCUT2D eigenvalue weighted by molar-refractivity contribution is -0.274. The van der Waals surface area contributed by atoms with E-state index >= 15 is 0 Å². The van der Waals surface area contributed by atoms with Crippen LogP contribution in [0.1, 0.15) is 33.5 Å². The van der Waals surface area contributed by atoms with Crippen LogP contribution in [0.5, 0.6) is 11.5 Å². The molecule has 0 fully saturated rings. The van der Waals surface area contributed by atoms with Gasteiger partial charge in [0.15, 0.2) is 5.78 Å². The fraction of sp³-hybridized carbons (Fsp3) is 0.167. The van der Waals surface area contributed by atoms with Gasteiger partial charge in [0.1, 0.15) is 11.5 Å². The maximum atomic E-state index is 12.6. The number of rotatable bonds is 8. The second-order valence-corrected chi connectivity index (χ2v) is 6.69. The van der Waals surface area contributed by atoms with Gasteiger partial charge in [-0.3, -0.25) is 9.78 Å². The van der Waals surface area contributed by atoms with Crippen molar-refractivity contribution >= 4 is 17.9 Å². The summed E-state index contributed by atoms with van der Waals surface area (Å²) in [6.07, 6.45) is 3.11. The van der Waals surface area contributed by atoms with Crippen molar-refractivity contribution in [3.63, 3.8) is 0 Å². The van der Waals surface area contributed by atoms with E-state index in [9.17, 15) is 18.0 Å². The number of alkyl halides is 3. The van der Waals surface area contributed by atoms with Gasteiger partial charge in [-0.25, -0.2) is 0 Å². The number of aromatic nitrogens is 1. The molecule has 7 heteroatoms. The largest absolute Gasteiger partial charge is 0.573 e. The zero-order valence-corrected chi connectivity index (χ0v) is 16.7. The number of benzene rings is 2. The standard InChI is InChI=1S/C24H20F3NO3/c1-30-23-11-7-19(22(29)10-5-18-12-14-28-15-13-18)16-20(23)6-2-17-3-8-21(9-4-17)31-24(25,26)27/h2-4,6-9,11-16H,5,10H2,1H3/b6-2+. The smallest absolute Gasteiger partial charge is 0.496 e. The zero-order chi connectivity index (χ0) is 22.3. The Bertz CT molecular complexity index is 1050. The molecule has 3 rings (SSSR count). The Morgan fingerprint density at radius 1 is 1.00 bits per heavy atom. The van der Waals surface area contributed by atoms with Crippen molar-refractivity contribution < 1.29 is 27.4 Å². The quantitative estimate of drug-likeness (QED) is 0.328. The summed E-state index contributed by atoms with van der Waals surface area (Å²) in [7, 11) is 1.53. The monoisotopic (exact) mass is 427 g/mol. The third-order valence-electron chi connectivity index (χ3n) is 4.51. The molecule has 160 valence electrons. The Labute approximate surface area is 178 Å². The molecule has 0 atom stereocenters. The molecule has 0 saturated carbocycles. The van der Waals surface area contributed by atoms with Crippen LogP contribution in [-0.4, -0.2) is 24.2 Å². The second-order valence-electron chi connectivity index (χ2n) is 6.69. The Kier molecular flexibility index (Phi) is 7.07. The van der Waals surface area contributed by atoms with Crippen molar-refractivity contribution in [1.82, 2.24) is 4.98 Å². The molecule has 0 amide bonds. The topological polar surface area (TPSA) is 48.4 Å². The van der Waals surface area contributed by atoms with Gasteiger partial charge in [-0.2, -0.15) is 0 Å². The Hall–Kier alpha value is -3.61. The van der Waals surface area contributed by atoms with Crippen molar-refractivity contribution in [3.8, 4) is 11.5 Å². The molecule has 3 aromatic rings. The van der Waals surface area contributed by atoms with Crippen LogP contribution in [-0.2, 0) is 6.42 Å². The van der Waals surface area contributed by atoms with Gasteiger partial charge in [-0.15, -0.1) is 13.2 Å². The summed E-state index contributed by atoms with van der Waals surface area (Å²) in [5.74, 6) is 0.297. The lowest BCUT2D eigenvalue weighted by atomic mass is 10.0. The van der Waals surface area contributed by atoms with Crippen LogP contribution in [0.25, 0.3) is 12.2 Å². The Morgan fingerprint density at radius 2 is 1.71 bits per heavy atom. The van der Waals surface area contributed by atoms with Gasteiger partial charge in [-0.05, 0) is 60.0 Å². The molecule has 0 radical (unpaired) electrons. The molecule has 2 aromatic carbocycles. The highest BCUT2D eigenvalue weighted by atomic mass is 19.4. The lowest BCUT2D eigenvalue weighted by Gasteiger charge is -2.09. The van der Waals surface area contributed by atoms with Gasteiger partial charge in [0.05, 0.1) is 7.11 Å². The third-order valence-corrected chi connectivity index (χ3v) is 4.51. The van der Waals surface area contributed by atoms with Crippen molar-refractivity contribution in [1.29, 1.82) is 0 Å². The molecule has 0 saturated heterocycles. The summed E-state index contributed by atoms with van der Waals surface area (Å²) < 4.78 is 46.0. The van der Waals surface area contributed by atoms with Gasteiger partial charge in [0.2, 0.25) is 0 Å². The van der Waals surface area contributed by atoms with Crippen LogP contribution in [0.15, 0.2) is 67.0 Å². The number of carbonyl (C=O) groups excluding carboxylic acids is 1. The fourth-order valence-corrected chi connectivity index (χ4v) is 2.96. The highest BCUT2D eigenvalue weighted by molar-refractivity contribution is 5.97. The van der Waals surface area contributed by atoms with Gasteiger partial charge >= 0.3 is 6.36 Å². The number of methoxy groups -OCH3 is 1. The fourth-order valence-electron chi connectivity index (χ4n) is 2.96. The molecule has 0 aliphatic heterocycles. The molecular weight excluding hydrogens is 407 g/mol. The van der Waals surface area contributed by atoms with Crippen LogP contribution in [0.4, 0.5) is 13.2 Å². The van der Waals surface area contributed by atoms with Gasteiger partial charge in [-0.1, -0.05) is 24.3 Å². The normalized spacial score (nSPS) is 11.5. The van der Waals surface area contributed by atoms with Crippen LogP contribution in [0.2, 0.25) is 0 Å². The second kappa shape index (κ2) is 9.93.